The Morgan fingerprint density at radius 1 is 1.67 bits per heavy atom. The Balaban J connectivity index is 3.21. The number of aromatic nitrogens is 1. The number of nitrogens with zero attached hydrogens (tertiary/aromatic N) is 1. The first-order valence-corrected chi connectivity index (χ1v) is 4.29. The van der Waals surface area contributed by atoms with Crippen molar-refractivity contribution in [1.82, 2.24) is 4.98 Å². The summed E-state index contributed by atoms with van der Waals surface area (Å²) in [5.41, 5.74) is 6.73. The second-order valence-electron chi connectivity index (χ2n) is 2.44. The number of halogens is 1. The maximum absolute atomic E-state index is 11.3. The first kappa shape index (κ1) is 9.35. The molecule has 0 atom stereocenters. The normalized spacial score (nSPS) is 9.92. The number of carbonyl (C=O) groups is 1. The molecule has 0 aromatic carbocycles. The van der Waals surface area contributed by atoms with Crippen LogP contribution < -0.4 is 5.73 Å². The minimum absolute atomic E-state index is 0.0312. The highest BCUT2D eigenvalue weighted by atomic mass is 79.9. The molecule has 0 aliphatic rings. The van der Waals surface area contributed by atoms with Gasteiger partial charge in [0.05, 0.1) is 6.54 Å². The van der Waals surface area contributed by atoms with Gasteiger partial charge in [-0.3, -0.25) is 9.78 Å². The molecule has 1 heterocycles. The van der Waals surface area contributed by atoms with E-state index in [9.17, 15) is 4.79 Å². The van der Waals surface area contributed by atoms with Gasteiger partial charge in [0.1, 0.15) is 0 Å². The molecule has 0 spiro atoms. The minimum Gasteiger partial charge on any atom is -0.324 e. The molecule has 0 saturated heterocycles. The van der Waals surface area contributed by atoms with E-state index in [2.05, 4.69) is 20.9 Å². The summed E-state index contributed by atoms with van der Waals surface area (Å²) in [4.78, 5) is 15.2. The predicted octanol–water partition coefficient (Wildman–Crippen LogP) is 1.29. The molecule has 1 rings (SSSR count). The maximum Gasteiger partial charge on any atom is 0.177 e. The van der Waals surface area contributed by atoms with E-state index in [1.54, 1.807) is 12.4 Å². The zero-order valence-electron chi connectivity index (χ0n) is 6.67. The number of rotatable bonds is 2. The number of hydrogen-bond acceptors (Lipinski definition) is 3. The van der Waals surface area contributed by atoms with Crippen LogP contribution in [0.5, 0.6) is 0 Å². The fourth-order valence-corrected chi connectivity index (χ4v) is 1.64. The lowest BCUT2D eigenvalue weighted by molar-refractivity contribution is 0.1000. The third kappa shape index (κ3) is 1.70. The molecule has 0 bridgehead atoms. The van der Waals surface area contributed by atoms with E-state index in [1.165, 1.54) is 0 Å². The summed E-state index contributed by atoms with van der Waals surface area (Å²) in [6, 6.07) is 0. The molecule has 0 unspecified atom stereocenters. The van der Waals surface area contributed by atoms with Crippen LogP contribution in [-0.4, -0.2) is 17.3 Å². The van der Waals surface area contributed by atoms with E-state index in [1.807, 2.05) is 6.92 Å². The molecule has 2 N–H and O–H groups in total. The number of nitrogens with two attached hydrogens (primary N) is 1. The first-order chi connectivity index (χ1) is 5.66. The number of ketones is 1. The largest absolute Gasteiger partial charge is 0.324 e. The van der Waals surface area contributed by atoms with Gasteiger partial charge in [-0.15, -0.1) is 0 Å². The fraction of sp³-hybridized carbons (Fsp3) is 0.250. The Bertz CT molecular complexity index is 292. The quantitative estimate of drug-likeness (QED) is 0.777. The van der Waals surface area contributed by atoms with Crippen molar-refractivity contribution in [2.24, 2.45) is 5.73 Å². The summed E-state index contributed by atoms with van der Waals surface area (Å²) in [5, 5.41) is 0. The molecule has 1 aromatic heterocycles. The molecule has 0 fully saturated rings. The lowest BCUT2D eigenvalue weighted by Gasteiger charge is -2.03. The van der Waals surface area contributed by atoms with Crippen LogP contribution in [0, 0.1) is 6.92 Å². The van der Waals surface area contributed by atoms with Gasteiger partial charge in [0.15, 0.2) is 5.78 Å². The fourth-order valence-electron chi connectivity index (χ4n) is 0.987. The van der Waals surface area contributed by atoms with Gasteiger partial charge in [-0.1, -0.05) is 0 Å². The highest BCUT2D eigenvalue weighted by Gasteiger charge is 2.10. The van der Waals surface area contributed by atoms with Gasteiger partial charge >= 0.3 is 0 Å². The lowest BCUT2D eigenvalue weighted by Crippen LogP contribution is -2.15. The van der Waals surface area contributed by atoms with Crippen molar-refractivity contribution < 1.29 is 4.79 Å². The average Bonchev–Trinajstić information content (AvgIpc) is 2.03. The summed E-state index contributed by atoms with van der Waals surface area (Å²) in [6.07, 6.45) is 3.24. The van der Waals surface area contributed by atoms with Gasteiger partial charge in [-0.25, -0.2) is 0 Å². The Hall–Kier alpha value is -0.740. The van der Waals surface area contributed by atoms with E-state index < -0.39 is 0 Å². The van der Waals surface area contributed by atoms with Crippen LogP contribution in [0.25, 0.3) is 0 Å². The van der Waals surface area contributed by atoms with Crippen LogP contribution in [-0.2, 0) is 0 Å². The van der Waals surface area contributed by atoms with E-state index in [4.69, 9.17) is 5.73 Å². The Morgan fingerprint density at radius 3 is 2.83 bits per heavy atom. The minimum atomic E-state index is -0.0678. The van der Waals surface area contributed by atoms with Crippen molar-refractivity contribution in [3.8, 4) is 0 Å². The second kappa shape index (κ2) is 3.78. The molecule has 0 aliphatic carbocycles. The van der Waals surface area contributed by atoms with Crippen molar-refractivity contribution in [3.05, 3.63) is 28.0 Å². The Morgan fingerprint density at radius 2 is 2.33 bits per heavy atom. The van der Waals surface area contributed by atoms with Gasteiger partial charge in [-0.2, -0.15) is 0 Å². The second-order valence-corrected chi connectivity index (χ2v) is 3.29. The molecule has 4 heteroatoms. The summed E-state index contributed by atoms with van der Waals surface area (Å²) in [6.45, 7) is 1.87. The van der Waals surface area contributed by atoms with E-state index in [0.29, 0.717) is 10.0 Å². The maximum atomic E-state index is 11.3. The SMILES string of the molecule is Cc1cncc(Br)c1C(=O)CN. The van der Waals surface area contributed by atoms with E-state index in [-0.39, 0.29) is 12.3 Å². The van der Waals surface area contributed by atoms with Gasteiger partial charge in [0.2, 0.25) is 0 Å². The zero-order chi connectivity index (χ0) is 9.14. The summed E-state index contributed by atoms with van der Waals surface area (Å²) in [5.74, 6) is -0.0678. The van der Waals surface area contributed by atoms with Crippen LogP contribution in [0.3, 0.4) is 0 Å². The molecular weight excluding hydrogens is 220 g/mol. The van der Waals surface area contributed by atoms with Gasteiger partial charge in [0.25, 0.3) is 0 Å². The van der Waals surface area contributed by atoms with Gasteiger partial charge < -0.3 is 5.73 Å². The smallest absolute Gasteiger partial charge is 0.177 e. The van der Waals surface area contributed by atoms with Crippen LogP contribution in [0.1, 0.15) is 15.9 Å². The Labute approximate surface area is 79.1 Å². The molecular formula is C8H9BrN2O. The molecule has 0 saturated carbocycles. The molecule has 0 aliphatic heterocycles. The van der Waals surface area contributed by atoms with Crippen LogP contribution in [0.15, 0.2) is 16.9 Å². The number of carbonyl (C=O) groups excluding carboxylic acids is 1. The third-order valence-corrected chi connectivity index (χ3v) is 2.15. The summed E-state index contributed by atoms with van der Waals surface area (Å²) in [7, 11) is 0. The van der Waals surface area contributed by atoms with Gasteiger partial charge in [0, 0.05) is 22.4 Å². The van der Waals surface area contributed by atoms with Crippen LogP contribution >= 0.6 is 15.9 Å². The van der Waals surface area contributed by atoms with Crippen LogP contribution in [0.2, 0.25) is 0 Å². The number of pyridine rings is 1. The zero-order valence-corrected chi connectivity index (χ0v) is 8.26. The topological polar surface area (TPSA) is 56.0 Å². The summed E-state index contributed by atoms with van der Waals surface area (Å²) >= 11 is 3.25. The van der Waals surface area contributed by atoms with Crippen molar-refractivity contribution in [2.75, 3.05) is 6.54 Å². The molecule has 0 radical (unpaired) electrons. The number of Topliss-reactive ketones (excluding diaryl/α,β-unsaturated/α-hetero) is 1. The number of hydrogen-bond donors (Lipinski definition) is 1. The highest BCUT2D eigenvalue weighted by molar-refractivity contribution is 9.10. The lowest BCUT2D eigenvalue weighted by atomic mass is 10.1. The van der Waals surface area contributed by atoms with Crippen molar-refractivity contribution >= 4 is 21.7 Å². The highest BCUT2D eigenvalue weighted by Crippen LogP contribution is 2.18. The molecule has 3 nitrogen and oxygen atoms in total. The molecule has 1 aromatic rings. The standard InChI is InChI=1S/C8H9BrN2O/c1-5-3-11-4-6(9)8(5)7(12)2-10/h3-4H,2,10H2,1H3. The van der Waals surface area contributed by atoms with Crippen molar-refractivity contribution in [2.45, 2.75) is 6.92 Å². The van der Waals surface area contributed by atoms with Gasteiger partial charge in [-0.05, 0) is 28.4 Å². The van der Waals surface area contributed by atoms with Crippen molar-refractivity contribution in [3.63, 3.8) is 0 Å². The average molecular weight is 229 g/mol. The first-order valence-electron chi connectivity index (χ1n) is 3.50. The van der Waals surface area contributed by atoms with E-state index in [0.717, 1.165) is 5.56 Å². The molecule has 0 amide bonds. The predicted molar refractivity (Wildman–Crippen MR) is 50.1 cm³/mol. The molecule has 64 valence electrons. The van der Waals surface area contributed by atoms with Crippen molar-refractivity contribution in [1.29, 1.82) is 0 Å². The summed E-state index contributed by atoms with van der Waals surface area (Å²) < 4.78 is 0.706. The number of aryl methyl sites for hydroxylation is 1. The molecule has 12 heavy (non-hydrogen) atoms. The van der Waals surface area contributed by atoms with E-state index >= 15 is 0 Å². The van der Waals surface area contributed by atoms with Crippen LogP contribution in [0.4, 0.5) is 0 Å². The third-order valence-electron chi connectivity index (χ3n) is 1.55. The monoisotopic (exact) mass is 228 g/mol. The Kier molecular flexibility index (Phi) is 2.94.